The maximum atomic E-state index is 6.08. The maximum absolute atomic E-state index is 6.08. The van der Waals surface area contributed by atoms with Crippen LogP contribution in [0.5, 0.6) is 11.5 Å². The first kappa shape index (κ1) is 20.4. The van der Waals surface area contributed by atoms with Gasteiger partial charge in [0, 0.05) is 13.1 Å². The third-order valence-corrected chi connectivity index (χ3v) is 4.96. The Hall–Kier alpha value is -2.30. The van der Waals surface area contributed by atoms with E-state index in [-0.39, 0.29) is 0 Å². The molecule has 0 heterocycles. The summed E-state index contributed by atoms with van der Waals surface area (Å²) in [6, 6.07) is 22.9. The first-order valence-electron chi connectivity index (χ1n) is 9.54. The highest BCUT2D eigenvalue weighted by molar-refractivity contribution is 9.10. The van der Waals surface area contributed by atoms with E-state index in [0.717, 1.165) is 40.2 Å². The number of rotatable bonds is 9. The second kappa shape index (κ2) is 10.3. The molecule has 0 bridgehead atoms. The van der Waals surface area contributed by atoms with E-state index in [0.29, 0.717) is 13.2 Å². The lowest BCUT2D eigenvalue weighted by atomic mass is 10.1. The van der Waals surface area contributed by atoms with Crippen LogP contribution in [0.4, 0.5) is 0 Å². The van der Waals surface area contributed by atoms with Crippen LogP contribution in [0.25, 0.3) is 0 Å². The highest BCUT2D eigenvalue weighted by Crippen LogP contribution is 2.37. The Balaban J connectivity index is 1.67. The van der Waals surface area contributed by atoms with Crippen molar-refractivity contribution < 1.29 is 9.47 Å². The summed E-state index contributed by atoms with van der Waals surface area (Å²) in [6.45, 7) is 6.75. The van der Waals surface area contributed by atoms with Crippen LogP contribution in [-0.4, -0.2) is 6.61 Å². The molecule has 0 aliphatic carbocycles. The molecule has 28 heavy (non-hydrogen) atoms. The quantitative estimate of drug-likeness (QED) is 0.441. The van der Waals surface area contributed by atoms with Gasteiger partial charge in [-0.25, -0.2) is 0 Å². The molecule has 0 amide bonds. The molecule has 0 fully saturated rings. The van der Waals surface area contributed by atoms with E-state index in [1.165, 1.54) is 11.1 Å². The number of aryl methyl sites for hydroxylation is 1. The zero-order valence-corrected chi connectivity index (χ0v) is 18.0. The Morgan fingerprint density at radius 2 is 1.54 bits per heavy atom. The van der Waals surface area contributed by atoms with Gasteiger partial charge in [0.2, 0.25) is 0 Å². The van der Waals surface area contributed by atoms with E-state index in [2.05, 4.69) is 88.8 Å². The van der Waals surface area contributed by atoms with Crippen LogP contribution >= 0.6 is 15.9 Å². The van der Waals surface area contributed by atoms with Crippen molar-refractivity contribution in [3.05, 3.63) is 93.5 Å². The normalized spacial score (nSPS) is 10.7. The van der Waals surface area contributed by atoms with E-state index >= 15 is 0 Å². The minimum absolute atomic E-state index is 0.505. The molecule has 3 rings (SSSR count). The molecule has 0 unspecified atom stereocenters. The second-order valence-corrected chi connectivity index (χ2v) is 7.56. The number of halogens is 1. The molecular formula is C24H26BrNO2. The fourth-order valence-electron chi connectivity index (χ4n) is 2.91. The average molecular weight is 440 g/mol. The van der Waals surface area contributed by atoms with Gasteiger partial charge in [-0.05, 0) is 58.6 Å². The largest absolute Gasteiger partial charge is 0.490 e. The average Bonchev–Trinajstić information content (AvgIpc) is 2.70. The molecule has 0 atom stereocenters. The van der Waals surface area contributed by atoms with E-state index in [4.69, 9.17) is 9.47 Å². The summed E-state index contributed by atoms with van der Waals surface area (Å²) in [4.78, 5) is 0. The molecule has 3 nitrogen and oxygen atoms in total. The highest BCUT2D eigenvalue weighted by atomic mass is 79.9. The summed E-state index contributed by atoms with van der Waals surface area (Å²) in [5.41, 5.74) is 4.79. The number of ether oxygens (including phenoxy) is 2. The van der Waals surface area contributed by atoms with Crippen molar-refractivity contribution in [2.24, 2.45) is 0 Å². The van der Waals surface area contributed by atoms with Gasteiger partial charge in [-0.3, -0.25) is 0 Å². The van der Waals surface area contributed by atoms with Crippen molar-refractivity contribution in [1.82, 2.24) is 5.32 Å². The number of benzene rings is 3. The lowest BCUT2D eigenvalue weighted by Gasteiger charge is -2.16. The summed E-state index contributed by atoms with van der Waals surface area (Å²) in [5, 5.41) is 3.48. The van der Waals surface area contributed by atoms with Crippen molar-refractivity contribution >= 4 is 15.9 Å². The van der Waals surface area contributed by atoms with E-state index in [1.54, 1.807) is 0 Å². The summed E-state index contributed by atoms with van der Waals surface area (Å²) >= 11 is 3.66. The fourth-order valence-corrected chi connectivity index (χ4v) is 3.52. The van der Waals surface area contributed by atoms with Crippen molar-refractivity contribution in [2.45, 2.75) is 33.5 Å². The van der Waals surface area contributed by atoms with Gasteiger partial charge in [-0.1, -0.05) is 60.2 Å². The van der Waals surface area contributed by atoms with Crippen molar-refractivity contribution in [1.29, 1.82) is 0 Å². The summed E-state index contributed by atoms with van der Waals surface area (Å²) in [5.74, 6) is 1.51. The van der Waals surface area contributed by atoms with Crippen molar-refractivity contribution in [3.63, 3.8) is 0 Å². The second-order valence-electron chi connectivity index (χ2n) is 6.70. The van der Waals surface area contributed by atoms with Crippen molar-refractivity contribution in [2.75, 3.05) is 6.61 Å². The molecule has 3 aromatic rings. The van der Waals surface area contributed by atoms with Gasteiger partial charge in [0.1, 0.15) is 6.61 Å². The minimum atomic E-state index is 0.505. The van der Waals surface area contributed by atoms with Gasteiger partial charge in [-0.2, -0.15) is 0 Å². The molecule has 0 saturated carbocycles. The fraction of sp³-hybridized carbons (Fsp3) is 0.250. The van der Waals surface area contributed by atoms with E-state index in [9.17, 15) is 0 Å². The first-order chi connectivity index (χ1) is 13.7. The molecule has 146 valence electrons. The van der Waals surface area contributed by atoms with E-state index < -0.39 is 0 Å². The number of hydrogen-bond donors (Lipinski definition) is 1. The lowest BCUT2D eigenvalue weighted by molar-refractivity contribution is 0.267. The molecule has 1 N–H and O–H groups in total. The molecule has 3 aromatic carbocycles. The molecule has 0 radical (unpaired) electrons. The molecule has 0 aliphatic rings. The van der Waals surface area contributed by atoms with Gasteiger partial charge >= 0.3 is 0 Å². The Morgan fingerprint density at radius 3 is 2.25 bits per heavy atom. The van der Waals surface area contributed by atoms with Gasteiger partial charge in [0.25, 0.3) is 0 Å². The van der Waals surface area contributed by atoms with Crippen LogP contribution < -0.4 is 14.8 Å². The number of nitrogens with one attached hydrogen (secondary N) is 1. The van der Waals surface area contributed by atoms with Crippen LogP contribution in [0.2, 0.25) is 0 Å². The van der Waals surface area contributed by atoms with Crippen LogP contribution in [0.1, 0.15) is 29.2 Å². The molecule has 4 heteroatoms. The number of hydrogen-bond acceptors (Lipinski definition) is 3. The Morgan fingerprint density at radius 1 is 0.821 bits per heavy atom. The molecule has 0 spiro atoms. The molecule has 0 aromatic heterocycles. The minimum Gasteiger partial charge on any atom is -0.490 e. The van der Waals surface area contributed by atoms with Gasteiger partial charge in [0.05, 0.1) is 11.1 Å². The summed E-state index contributed by atoms with van der Waals surface area (Å²) in [6.07, 6.45) is 0. The van der Waals surface area contributed by atoms with Gasteiger partial charge in [-0.15, -0.1) is 0 Å². The van der Waals surface area contributed by atoms with Crippen LogP contribution in [0.3, 0.4) is 0 Å². The zero-order valence-electron chi connectivity index (χ0n) is 16.4. The highest BCUT2D eigenvalue weighted by Gasteiger charge is 2.13. The van der Waals surface area contributed by atoms with Crippen molar-refractivity contribution in [3.8, 4) is 11.5 Å². The smallest absolute Gasteiger partial charge is 0.175 e. The molecule has 0 saturated heterocycles. The predicted octanol–water partition coefficient (Wildman–Crippen LogP) is 6.03. The third kappa shape index (κ3) is 5.85. The third-order valence-electron chi connectivity index (χ3n) is 4.37. The monoisotopic (exact) mass is 439 g/mol. The summed E-state index contributed by atoms with van der Waals surface area (Å²) < 4.78 is 12.8. The van der Waals surface area contributed by atoms with Gasteiger partial charge < -0.3 is 14.8 Å². The molecule has 0 aliphatic heterocycles. The van der Waals surface area contributed by atoms with E-state index in [1.807, 2.05) is 13.0 Å². The Labute approximate surface area is 175 Å². The Bertz CT molecular complexity index is 879. The standard InChI is InChI=1S/C24H26BrNO2/c1-3-27-23-14-21(16-26-15-19-7-5-4-6-8-19)13-22(25)24(23)28-17-20-11-9-18(2)10-12-20/h4-14,26H,3,15-17H2,1-2H3. The van der Waals surface area contributed by atoms with Gasteiger partial charge in [0.15, 0.2) is 11.5 Å². The SMILES string of the molecule is CCOc1cc(CNCc2ccccc2)cc(Br)c1OCc1ccc(C)cc1. The predicted molar refractivity (Wildman–Crippen MR) is 118 cm³/mol. The maximum Gasteiger partial charge on any atom is 0.175 e. The van der Waals surface area contributed by atoms with Crippen LogP contribution in [0, 0.1) is 6.92 Å². The topological polar surface area (TPSA) is 30.5 Å². The van der Waals surface area contributed by atoms with Crippen LogP contribution in [-0.2, 0) is 19.7 Å². The molecular weight excluding hydrogens is 414 g/mol. The Kier molecular flexibility index (Phi) is 7.52. The lowest BCUT2D eigenvalue weighted by Crippen LogP contribution is -2.13. The van der Waals surface area contributed by atoms with Crippen LogP contribution in [0.15, 0.2) is 71.2 Å². The summed E-state index contributed by atoms with van der Waals surface area (Å²) in [7, 11) is 0. The first-order valence-corrected chi connectivity index (χ1v) is 10.3. The zero-order chi connectivity index (χ0) is 19.8.